The van der Waals surface area contributed by atoms with E-state index >= 15 is 0 Å². The van der Waals surface area contributed by atoms with Gasteiger partial charge in [0, 0.05) is 12.5 Å². The zero-order valence-electron chi connectivity index (χ0n) is 10.3. The quantitative estimate of drug-likeness (QED) is 0.781. The molecule has 6 heteroatoms. The van der Waals surface area contributed by atoms with Gasteiger partial charge in [0.05, 0.1) is 24.8 Å². The second-order valence-corrected chi connectivity index (χ2v) is 5.02. The third kappa shape index (κ3) is 4.70. The molecule has 1 aromatic rings. The number of carboxylic acids is 1. The third-order valence-electron chi connectivity index (χ3n) is 2.34. The number of hydrogen-bond donors (Lipinski definition) is 2. The van der Waals surface area contributed by atoms with Crippen LogP contribution in [0.1, 0.15) is 19.5 Å². The Balaban J connectivity index is 2.60. The van der Waals surface area contributed by atoms with Crippen molar-refractivity contribution in [3.63, 3.8) is 0 Å². The molecule has 1 heterocycles. The van der Waals surface area contributed by atoms with E-state index in [-0.39, 0.29) is 12.5 Å². The van der Waals surface area contributed by atoms with Crippen LogP contribution in [0.2, 0.25) is 0 Å². The second-order valence-electron chi connectivity index (χ2n) is 4.16. The van der Waals surface area contributed by atoms with Gasteiger partial charge in [0.15, 0.2) is 5.13 Å². The average Bonchev–Trinajstić information content (AvgIpc) is 2.63. The Bertz CT molecular complexity index is 365. The van der Waals surface area contributed by atoms with Crippen LogP contribution in [0.25, 0.3) is 0 Å². The van der Waals surface area contributed by atoms with E-state index in [0.29, 0.717) is 18.2 Å². The smallest absolute Gasteiger partial charge is 0.309 e. The van der Waals surface area contributed by atoms with Crippen molar-refractivity contribution in [2.24, 2.45) is 5.92 Å². The van der Waals surface area contributed by atoms with E-state index < -0.39 is 5.97 Å². The first-order valence-electron chi connectivity index (χ1n) is 5.44. The number of hydrogen-bond acceptors (Lipinski definition) is 5. The highest BCUT2D eigenvalue weighted by Gasteiger charge is 2.15. The molecule has 0 fully saturated rings. The lowest BCUT2D eigenvalue weighted by molar-refractivity contribution is -0.136. The summed E-state index contributed by atoms with van der Waals surface area (Å²) in [7, 11) is 1.66. The van der Waals surface area contributed by atoms with Crippen molar-refractivity contribution in [1.82, 2.24) is 4.98 Å². The van der Waals surface area contributed by atoms with Crippen molar-refractivity contribution in [3.8, 4) is 0 Å². The molecule has 2 N–H and O–H groups in total. The van der Waals surface area contributed by atoms with Crippen LogP contribution in [0.3, 0.4) is 0 Å². The summed E-state index contributed by atoms with van der Waals surface area (Å²) in [6, 6.07) is 0.184. The van der Waals surface area contributed by atoms with Gasteiger partial charge in [-0.25, -0.2) is 4.98 Å². The number of rotatable bonds is 7. The van der Waals surface area contributed by atoms with Gasteiger partial charge < -0.3 is 15.2 Å². The lowest BCUT2D eigenvalue weighted by atomic mass is 10.1. The lowest BCUT2D eigenvalue weighted by Gasteiger charge is -2.20. The Hall–Kier alpha value is -1.14. The van der Waals surface area contributed by atoms with Crippen molar-refractivity contribution >= 4 is 22.4 Å². The molecule has 0 aromatic carbocycles. The summed E-state index contributed by atoms with van der Waals surface area (Å²) in [4.78, 5) is 14.8. The highest BCUT2D eigenvalue weighted by atomic mass is 32.1. The molecule has 5 nitrogen and oxygen atoms in total. The van der Waals surface area contributed by atoms with Crippen LogP contribution in [0.4, 0.5) is 5.13 Å². The predicted octanol–water partition coefficient (Wildman–Crippen LogP) is 1.85. The highest BCUT2D eigenvalue weighted by molar-refractivity contribution is 7.13. The van der Waals surface area contributed by atoms with Crippen molar-refractivity contribution < 1.29 is 14.6 Å². The summed E-state index contributed by atoms with van der Waals surface area (Å²) in [5.74, 6) is -0.444. The number of aromatic nitrogens is 1. The van der Waals surface area contributed by atoms with Gasteiger partial charge in [0.2, 0.25) is 0 Å². The first-order valence-corrected chi connectivity index (χ1v) is 6.32. The number of carbonyl (C=O) groups is 1. The van der Waals surface area contributed by atoms with Crippen molar-refractivity contribution in [2.75, 3.05) is 19.0 Å². The Labute approximate surface area is 105 Å². The molecule has 0 radical (unpaired) electrons. The van der Waals surface area contributed by atoms with Crippen molar-refractivity contribution in [1.29, 1.82) is 0 Å². The van der Waals surface area contributed by atoms with Gasteiger partial charge in [-0.3, -0.25) is 4.79 Å². The molecule has 0 amide bonds. The molecular weight excluding hydrogens is 240 g/mol. The van der Waals surface area contributed by atoms with Crippen LogP contribution in [-0.4, -0.2) is 35.8 Å². The molecule has 1 atom stereocenters. The molecule has 0 saturated carbocycles. The summed E-state index contributed by atoms with van der Waals surface area (Å²) in [5.41, 5.74) is 0.588. The predicted molar refractivity (Wildman–Crippen MR) is 67.6 cm³/mol. The molecule has 96 valence electrons. The maximum atomic E-state index is 10.5. The number of carboxylic acid groups (broad SMARTS) is 1. The molecule has 1 aromatic heterocycles. The van der Waals surface area contributed by atoms with Crippen LogP contribution in [-0.2, 0) is 16.0 Å². The molecule has 0 spiro atoms. The summed E-state index contributed by atoms with van der Waals surface area (Å²) < 4.78 is 5.13. The van der Waals surface area contributed by atoms with Gasteiger partial charge in [-0.1, -0.05) is 13.8 Å². The Morgan fingerprint density at radius 3 is 2.88 bits per heavy atom. The molecule has 0 aliphatic rings. The fourth-order valence-electron chi connectivity index (χ4n) is 1.35. The van der Waals surface area contributed by atoms with E-state index in [1.54, 1.807) is 12.5 Å². The third-order valence-corrected chi connectivity index (χ3v) is 3.17. The Morgan fingerprint density at radius 1 is 1.65 bits per heavy atom. The number of nitrogens with zero attached hydrogens (tertiary/aromatic N) is 1. The van der Waals surface area contributed by atoms with Gasteiger partial charge in [0.25, 0.3) is 0 Å². The lowest BCUT2D eigenvalue weighted by Crippen LogP contribution is -2.30. The average molecular weight is 258 g/mol. The van der Waals surface area contributed by atoms with E-state index in [1.165, 1.54) is 11.3 Å². The summed E-state index contributed by atoms with van der Waals surface area (Å²) in [5, 5.41) is 14.4. The van der Waals surface area contributed by atoms with Crippen LogP contribution in [0, 0.1) is 5.92 Å². The van der Waals surface area contributed by atoms with Crippen LogP contribution in [0.15, 0.2) is 5.38 Å². The first-order chi connectivity index (χ1) is 8.02. The second kappa shape index (κ2) is 6.56. The largest absolute Gasteiger partial charge is 0.481 e. The van der Waals surface area contributed by atoms with Gasteiger partial charge in [-0.15, -0.1) is 11.3 Å². The van der Waals surface area contributed by atoms with Crippen LogP contribution in [0.5, 0.6) is 0 Å². The van der Waals surface area contributed by atoms with Crippen molar-refractivity contribution in [3.05, 3.63) is 11.1 Å². The number of anilines is 1. The zero-order chi connectivity index (χ0) is 12.8. The Morgan fingerprint density at radius 2 is 2.35 bits per heavy atom. The van der Waals surface area contributed by atoms with Gasteiger partial charge in [0.1, 0.15) is 0 Å². The maximum absolute atomic E-state index is 10.5. The minimum absolute atomic E-state index is 0.0329. The van der Waals surface area contributed by atoms with E-state index in [2.05, 4.69) is 24.1 Å². The Kier molecular flexibility index (Phi) is 5.37. The number of aliphatic carboxylic acids is 1. The van der Waals surface area contributed by atoms with E-state index in [9.17, 15) is 4.79 Å². The summed E-state index contributed by atoms with van der Waals surface area (Å²) in [6.07, 6.45) is -0.0329. The summed E-state index contributed by atoms with van der Waals surface area (Å²) in [6.45, 7) is 4.80. The standard InChI is InChI=1S/C11H18N2O3S/c1-7(2)9(5-16-3)13-11-12-8(6-17-11)4-10(14)15/h6-7,9H,4-5H2,1-3H3,(H,12,13)(H,14,15). The molecule has 17 heavy (non-hydrogen) atoms. The highest BCUT2D eigenvalue weighted by Crippen LogP contribution is 2.19. The van der Waals surface area contributed by atoms with E-state index in [4.69, 9.17) is 9.84 Å². The molecule has 1 unspecified atom stereocenters. The molecule has 0 aliphatic carbocycles. The number of methoxy groups -OCH3 is 1. The molecule has 0 saturated heterocycles. The normalized spacial score (nSPS) is 12.7. The topological polar surface area (TPSA) is 71.5 Å². The minimum atomic E-state index is -0.862. The molecule has 0 bridgehead atoms. The fraction of sp³-hybridized carbons (Fsp3) is 0.636. The molecule has 1 rings (SSSR count). The van der Waals surface area contributed by atoms with Gasteiger partial charge in [-0.2, -0.15) is 0 Å². The number of nitrogens with one attached hydrogen (secondary N) is 1. The molecular formula is C11H18N2O3S. The SMILES string of the molecule is COCC(Nc1nc(CC(=O)O)cs1)C(C)C. The zero-order valence-corrected chi connectivity index (χ0v) is 11.1. The van der Waals surface area contributed by atoms with Gasteiger partial charge >= 0.3 is 5.97 Å². The fourth-order valence-corrected chi connectivity index (χ4v) is 2.12. The van der Waals surface area contributed by atoms with E-state index in [0.717, 1.165) is 5.13 Å². The maximum Gasteiger partial charge on any atom is 0.309 e. The minimum Gasteiger partial charge on any atom is -0.481 e. The number of ether oxygens (including phenoxy) is 1. The summed E-state index contributed by atoms with van der Waals surface area (Å²) >= 11 is 1.42. The van der Waals surface area contributed by atoms with Crippen LogP contribution >= 0.6 is 11.3 Å². The monoisotopic (exact) mass is 258 g/mol. The van der Waals surface area contributed by atoms with Crippen LogP contribution < -0.4 is 5.32 Å². The first kappa shape index (κ1) is 13.9. The number of thiazole rings is 1. The van der Waals surface area contributed by atoms with Crippen molar-refractivity contribution in [2.45, 2.75) is 26.3 Å². The van der Waals surface area contributed by atoms with E-state index in [1.807, 2.05) is 0 Å². The van der Waals surface area contributed by atoms with Gasteiger partial charge in [-0.05, 0) is 5.92 Å². The molecule has 0 aliphatic heterocycles.